The second kappa shape index (κ2) is 8.38. The number of rotatable bonds is 6. The number of benzene rings is 1. The van der Waals surface area contributed by atoms with E-state index in [2.05, 4.69) is 5.32 Å². The number of hydrogen-bond acceptors (Lipinski definition) is 4. The lowest BCUT2D eigenvalue weighted by Crippen LogP contribution is -2.33. The Morgan fingerprint density at radius 1 is 1.35 bits per heavy atom. The van der Waals surface area contributed by atoms with E-state index >= 15 is 0 Å². The van der Waals surface area contributed by atoms with Crippen molar-refractivity contribution in [2.24, 2.45) is 11.8 Å². The molecule has 1 fully saturated rings. The number of nitrogens with zero attached hydrogens (tertiary/aromatic N) is 1. The molecule has 3 N–H and O–H groups in total. The quantitative estimate of drug-likeness (QED) is 0.740. The molecule has 128 valence electrons. The molecule has 0 aromatic heterocycles. The third-order valence-corrected chi connectivity index (χ3v) is 4.27. The molecule has 1 aliphatic heterocycles. The molecule has 0 aliphatic carbocycles. The van der Waals surface area contributed by atoms with Crippen LogP contribution in [0.4, 0.5) is 10.5 Å². The molecule has 1 aromatic carbocycles. The van der Waals surface area contributed by atoms with E-state index < -0.39 is 0 Å². The zero-order chi connectivity index (χ0) is 16.8. The van der Waals surface area contributed by atoms with Crippen molar-refractivity contribution in [2.75, 3.05) is 38.2 Å². The summed E-state index contributed by atoms with van der Waals surface area (Å²) in [6.45, 7) is 3.38. The van der Waals surface area contributed by atoms with Crippen LogP contribution >= 0.6 is 11.6 Å². The van der Waals surface area contributed by atoms with E-state index in [9.17, 15) is 15.0 Å². The highest BCUT2D eigenvalue weighted by Gasteiger charge is 2.34. The normalized spacial score (nSPS) is 20.6. The molecule has 0 bridgehead atoms. The van der Waals surface area contributed by atoms with E-state index in [-0.39, 0.29) is 31.1 Å². The molecule has 1 aromatic rings. The summed E-state index contributed by atoms with van der Waals surface area (Å²) in [5.41, 5.74) is 0.580. The van der Waals surface area contributed by atoms with E-state index in [0.29, 0.717) is 36.2 Å². The summed E-state index contributed by atoms with van der Waals surface area (Å²) in [5.74, 6) is 0.423. The highest BCUT2D eigenvalue weighted by atomic mass is 35.5. The highest BCUT2D eigenvalue weighted by Crippen LogP contribution is 2.29. The number of nitrogens with one attached hydrogen (secondary N) is 1. The van der Waals surface area contributed by atoms with Crippen LogP contribution in [0.25, 0.3) is 0 Å². The summed E-state index contributed by atoms with van der Waals surface area (Å²) in [5, 5.41) is 21.8. The number of likely N-dealkylation sites (tertiary alicyclic amines) is 1. The van der Waals surface area contributed by atoms with Crippen molar-refractivity contribution in [3.63, 3.8) is 0 Å². The van der Waals surface area contributed by atoms with Crippen molar-refractivity contribution in [1.82, 2.24) is 4.90 Å². The molecule has 2 amide bonds. The Morgan fingerprint density at radius 2 is 2.00 bits per heavy atom. The Labute approximate surface area is 141 Å². The van der Waals surface area contributed by atoms with Crippen LogP contribution in [0.5, 0.6) is 5.75 Å². The van der Waals surface area contributed by atoms with Gasteiger partial charge in [-0.2, -0.15) is 0 Å². The third kappa shape index (κ3) is 4.50. The number of aliphatic hydroxyl groups excluding tert-OH is 2. The molecule has 6 nitrogen and oxygen atoms in total. The van der Waals surface area contributed by atoms with Gasteiger partial charge in [-0.3, -0.25) is 0 Å². The topological polar surface area (TPSA) is 82.0 Å². The number of carbonyl (C=O) groups excluding carboxylic acids is 1. The number of amides is 2. The first-order chi connectivity index (χ1) is 11.1. The van der Waals surface area contributed by atoms with Crippen molar-refractivity contribution >= 4 is 23.3 Å². The van der Waals surface area contributed by atoms with Crippen LogP contribution in [0.15, 0.2) is 18.2 Å². The molecule has 0 spiro atoms. The van der Waals surface area contributed by atoms with Crippen LogP contribution in [-0.2, 0) is 0 Å². The molecule has 2 atom stereocenters. The monoisotopic (exact) mass is 342 g/mol. The summed E-state index contributed by atoms with van der Waals surface area (Å²) in [6, 6.07) is 4.84. The van der Waals surface area contributed by atoms with Crippen LogP contribution in [0.3, 0.4) is 0 Å². The zero-order valence-electron chi connectivity index (χ0n) is 13.2. The van der Waals surface area contributed by atoms with E-state index in [1.54, 1.807) is 23.1 Å². The van der Waals surface area contributed by atoms with Crippen molar-refractivity contribution in [3.05, 3.63) is 23.2 Å². The molecular weight excluding hydrogens is 320 g/mol. The SMILES string of the molecule is CCCOc1ccc(NC(=O)N2C[C@@H](CO)[C@H](CO)C2)cc1Cl. The van der Waals surface area contributed by atoms with E-state index in [1.165, 1.54) is 0 Å². The fourth-order valence-corrected chi connectivity index (χ4v) is 2.86. The first-order valence-electron chi connectivity index (χ1n) is 7.79. The molecular formula is C16H23ClN2O4. The highest BCUT2D eigenvalue weighted by molar-refractivity contribution is 6.32. The Kier molecular flexibility index (Phi) is 6.50. The van der Waals surface area contributed by atoms with Gasteiger partial charge >= 0.3 is 6.03 Å². The maximum absolute atomic E-state index is 12.3. The van der Waals surface area contributed by atoms with Crippen LogP contribution < -0.4 is 10.1 Å². The van der Waals surface area contributed by atoms with Gasteiger partial charge in [-0.05, 0) is 24.6 Å². The fourth-order valence-electron chi connectivity index (χ4n) is 2.63. The lowest BCUT2D eigenvalue weighted by atomic mass is 9.98. The minimum Gasteiger partial charge on any atom is -0.492 e. The van der Waals surface area contributed by atoms with Gasteiger partial charge in [0, 0.05) is 43.8 Å². The van der Waals surface area contributed by atoms with Crippen LogP contribution in [0.2, 0.25) is 5.02 Å². The third-order valence-electron chi connectivity index (χ3n) is 3.98. The van der Waals surface area contributed by atoms with E-state index in [0.717, 1.165) is 6.42 Å². The van der Waals surface area contributed by atoms with Crippen molar-refractivity contribution in [1.29, 1.82) is 0 Å². The van der Waals surface area contributed by atoms with Gasteiger partial charge in [-0.15, -0.1) is 0 Å². The summed E-state index contributed by atoms with van der Waals surface area (Å²) in [4.78, 5) is 13.9. The maximum Gasteiger partial charge on any atom is 0.321 e. The van der Waals surface area contributed by atoms with E-state index in [1.807, 2.05) is 6.92 Å². The lowest BCUT2D eigenvalue weighted by Gasteiger charge is -2.17. The maximum atomic E-state index is 12.3. The van der Waals surface area contributed by atoms with Gasteiger partial charge in [-0.1, -0.05) is 18.5 Å². The predicted molar refractivity (Wildman–Crippen MR) is 89.0 cm³/mol. The molecule has 7 heteroatoms. The number of hydrogen-bond donors (Lipinski definition) is 3. The average Bonchev–Trinajstić information content (AvgIpc) is 2.97. The van der Waals surface area contributed by atoms with Gasteiger partial charge in [-0.25, -0.2) is 4.79 Å². The molecule has 1 aliphatic rings. The Morgan fingerprint density at radius 3 is 2.52 bits per heavy atom. The molecule has 0 radical (unpaired) electrons. The van der Waals surface area contributed by atoms with Gasteiger partial charge in [0.15, 0.2) is 0 Å². The Hall–Kier alpha value is -1.50. The van der Waals surface area contributed by atoms with Crippen molar-refractivity contribution in [2.45, 2.75) is 13.3 Å². The van der Waals surface area contributed by atoms with Crippen LogP contribution in [0.1, 0.15) is 13.3 Å². The van der Waals surface area contributed by atoms with Gasteiger partial charge in [0.05, 0.1) is 11.6 Å². The number of anilines is 1. The molecule has 0 saturated carbocycles. The fraction of sp³-hybridized carbons (Fsp3) is 0.562. The first kappa shape index (κ1) is 17.8. The number of aliphatic hydroxyl groups is 2. The second-order valence-electron chi connectivity index (χ2n) is 5.71. The van der Waals surface area contributed by atoms with Gasteiger partial charge in [0.1, 0.15) is 5.75 Å². The number of halogens is 1. The number of carbonyl (C=O) groups is 1. The standard InChI is InChI=1S/C16H23ClN2O4/c1-2-5-23-15-4-3-13(6-14(15)17)18-16(22)19-7-11(9-20)12(8-19)10-21/h3-4,6,11-12,20-21H,2,5,7-10H2,1H3,(H,18,22)/t11-,12-/m0/s1. The molecule has 23 heavy (non-hydrogen) atoms. The molecule has 1 saturated heterocycles. The molecule has 1 heterocycles. The van der Waals surface area contributed by atoms with Gasteiger partial charge < -0.3 is 25.2 Å². The average molecular weight is 343 g/mol. The first-order valence-corrected chi connectivity index (χ1v) is 8.16. The zero-order valence-corrected chi connectivity index (χ0v) is 13.9. The van der Waals surface area contributed by atoms with Gasteiger partial charge in [0.2, 0.25) is 0 Å². The molecule has 0 unspecified atom stereocenters. The second-order valence-corrected chi connectivity index (χ2v) is 6.12. The summed E-state index contributed by atoms with van der Waals surface area (Å²) in [7, 11) is 0. The minimum atomic E-state index is -0.266. The summed E-state index contributed by atoms with van der Waals surface area (Å²) in [6.07, 6.45) is 0.891. The van der Waals surface area contributed by atoms with Gasteiger partial charge in [0.25, 0.3) is 0 Å². The minimum absolute atomic E-state index is 0.0374. The number of ether oxygens (including phenoxy) is 1. The Balaban J connectivity index is 1.96. The number of urea groups is 1. The lowest BCUT2D eigenvalue weighted by molar-refractivity contribution is 0.152. The van der Waals surface area contributed by atoms with Crippen molar-refractivity contribution < 1.29 is 19.7 Å². The predicted octanol–water partition coefficient (Wildman–Crippen LogP) is 2.19. The van der Waals surface area contributed by atoms with Crippen LogP contribution in [0, 0.1) is 11.8 Å². The van der Waals surface area contributed by atoms with Crippen molar-refractivity contribution in [3.8, 4) is 5.75 Å². The largest absolute Gasteiger partial charge is 0.492 e. The van der Waals surface area contributed by atoms with E-state index in [4.69, 9.17) is 16.3 Å². The molecule has 2 rings (SSSR count). The summed E-state index contributed by atoms with van der Waals surface area (Å²) < 4.78 is 5.49. The Bertz CT molecular complexity index is 529. The van der Waals surface area contributed by atoms with Crippen LogP contribution in [-0.4, -0.2) is 54.1 Å². The smallest absolute Gasteiger partial charge is 0.321 e. The summed E-state index contributed by atoms with van der Waals surface area (Å²) >= 11 is 6.14.